The van der Waals surface area contributed by atoms with E-state index < -0.39 is 14.6 Å². The first-order valence-electron chi connectivity index (χ1n) is 9.77. The summed E-state index contributed by atoms with van der Waals surface area (Å²) in [5, 5.41) is 3.29. The summed E-state index contributed by atoms with van der Waals surface area (Å²) in [5.41, 5.74) is 0. The van der Waals surface area contributed by atoms with Crippen molar-refractivity contribution < 1.29 is 17.9 Å². The number of rotatable bonds is 7. The minimum absolute atomic E-state index is 0.179. The fourth-order valence-corrected chi connectivity index (χ4v) is 4.63. The molecule has 152 valence electrons. The minimum atomic E-state index is -3.04. The molecular weight excluding hydrogens is 354 g/mol. The van der Waals surface area contributed by atoms with Crippen LogP contribution in [0.4, 0.5) is 0 Å². The van der Waals surface area contributed by atoms with Gasteiger partial charge in [0.25, 0.3) is 0 Å². The van der Waals surface area contributed by atoms with Gasteiger partial charge in [0.05, 0.1) is 10.5 Å². The van der Waals surface area contributed by atoms with Crippen LogP contribution < -0.4 is 5.32 Å². The van der Waals surface area contributed by atoms with Crippen LogP contribution in [-0.4, -0.2) is 82.4 Å². The molecule has 2 fully saturated rings. The van der Waals surface area contributed by atoms with Crippen molar-refractivity contribution in [3.05, 3.63) is 0 Å². The number of hydrogen-bond donors (Lipinski definition) is 1. The zero-order valence-corrected chi connectivity index (χ0v) is 17.3. The first-order chi connectivity index (χ1) is 12.4. The topological polar surface area (TPSA) is 80.2 Å². The quantitative estimate of drug-likeness (QED) is 0.402. The van der Waals surface area contributed by atoms with Gasteiger partial charge in [0, 0.05) is 52.6 Å². The molecule has 0 spiro atoms. The number of sulfone groups is 1. The lowest BCUT2D eigenvalue weighted by molar-refractivity contribution is 0.0205. The number of hydrogen-bond acceptors (Lipinski definition) is 5. The van der Waals surface area contributed by atoms with Gasteiger partial charge in [-0.25, -0.2) is 8.42 Å². The second-order valence-electron chi connectivity index (χ2n) is 7.72. The Hall–Kier alpha value is -0.860. The third kappa shape index (κ3) is 6.09. The van der Waals surface area contributed by atoms with Crippen molar-refractivity contribution in [2.75, 3.05) is 58.4 Å². The molecule has 0 bridgehead atoms. The molecule has 2 saturated heterocycles. The van der Waals surface area contributed by atoms with E-state index in [9.17, 15) is 8.42 Å². The number of aliphatic imine (C=N–C) groups is 1. The van der Waals surface area contributed by atoms with Gasteiger partial charge in [0.2, 0.25) is 0 Å². The summed E-state index contributed by atoms with van der Waals surface area (Å²) < 4.78 is 34.8. The van der Waals surface area contributed by atoms with Gasteiger partial charge in [0.1, 0.15) is 0 Å². The number of nitrogens with one attached hydrogen (secondary N) is 1. The monoisotopic (exact) mass is 389 g/mol. The summed E-state index contributed by atoms with van der Waals surface area (Å²) in [6, 6.07) is 0. The Morgan fingerprint density at radius 1 is 1.35 bits per heavy atom. The fourth-order valence-electron chi connectivity index (χ4n) is 3.26. The maximum Gasteiger partial charge on any atom is 0.193 e. The van der Waals surface area contributed by atoms with E-state index in [4.69, 9.17) is 9.47 Å². The molecule has 1 N–H and O–H groups in total. The van der Waals surface area contributed by atoms with E-state index >= 15 is 0 Å². The van der Waals surface area contributed by atoms with Crippen LogP contribution in [0.5, 0.6) is 0 Å². The smallest absolute Gasteiger partial charge is 0.193 e. The fraction of sp³-hybridized carbons (Fsp3) is 0.944. The van der Waals surface area contributed by atoms with Gasteiger partial charge in [-0.05, 0) is 46.0 Å². The lowest BCUT2D eigenvalue weighted by atomic mass is 10.0. The molecule has 2 aliphatic rings. The van der Waals surface area contributed by atoms with Gasteiger partial charge in [-0.1, -0.05) is 0 Å². The number of guanidine groups is 1. The summed E-state index contributed by atoms with van der Waals surface area (Å²) in [4.78, 5) is 6.73. The van der Waals surface area contributed by atoms with Gasteiger partial charge in [-0.15, -0.1) is 0 Å². The lowest BCUT2D eigenvalue weighted by Gasteiger charge is -2.39. The van der Waals surface area contributed by atoms with Crippen molar-refractivity contribution in [3.8, 4) is 0 Å². The SMILES string of the molecule is CCNC(=NCCCOCC1CCOCC1)N1CCS(=O)(=O)C(C)(C)C1. The van der Waals surface area contributed by atoms with Crippen LogP contribution in [0.25, 0.3) is 0 Å². The number of nitrogens with zero attached hydrogens (tertiary/aromatic N) is 2. The van der Waals surface area contributed by atoms with Crippen molar-refractivity contribution in [3.63, 3.8) is 0 Å². The first-order valence-corrected chi connectivity index (χ1v) is 11.4. The molecule has 2 rings (SSSR count). The second-order valence-corrected chi connectivity index (χ2v) is 10.5. The van der Waals surface area contributed by atoms with Gasteiger partial charge in [0.15, 0.2) is 15.8 Å². The van der Waals surface area contributed by atoms with Crippen LogP contribution >= 0.6 is 0 Å². The van der Waals surface area contributed by atoms with Crippen molar-refractivity contribution in [2.45, 2.75) is 44.8 Å². The molecule has 0 amide bonds. The average molecular weight is 390 g/mol. The maximum absolute atomic E-state index is 12.2. The van der Waals surface area contributed by atoms with Crippen molar-refractivity contribution >= 4 is 15.8 Å². The molecule has 0 aromatic heterocycles. The Kier molecular flexibility index (Phi) is 8.16. The Morgan fingerprint density at radius 2 is 2.08 bits per heavy atom. The van der Waals surface area contributed by atoms with E-state index in [0.717, 1.165) is 51.6 Å². The summed E-state index contributed by atoms with van der Waals surface area (Å²) in [6.07, 6.45) is 3.06. The summed E-state index contributed by atoms with van der Waals surface area (Å²) >= 11 is 0. The third-order valence-electron chi connectivity index (χ3n) is 5.08. The molecule has 8 heteroatoms. The summed E-state index contributed by atoms with van der Waals surface area (Å²) in [7, 11) is -3.04. The maximum atomic E-state index is 12.2. The van der Waals surface area contributed by atoms with Crippen LogP contribution in [0, 0.1) is 5.92 Å². The Labute approximate surface area is 158 Å². The van der Waals surface area contributed by atoms with Gasteiger partial charge >= 0.3 is 0 Å². The molecule has 0 atom stereocenters. The van der Waals surface area contributed by atoms with E-state index in [1.54, 1.807) is 13.8 Å². The molecule has 0 saturated carbocycles. The molecule has 2 heterocycles. The summed E-state index contributed by atoms with van der Waals surface area (Å²) in [5.74, 6) is 1.61. The van der Waals surface area contributed by atoms with Crippen molar-refractivity contribution in [1.82, 2.24) is 10.2 Å². The molecule has 2 aliphatic heterocycles. The highest BCUT2D eigenvalue weighted by Crippen LogP contribution is 2.23. The van der Waals surface area contributed by atoms with Crippen LogP contribution in [0.2, 0.25) is 0 Å². The number of ether oxygens (including phenoxy) is 2. The Morgan fingerprint density at radius 3 is 2.73 bits per heavy atom. The largest absolute Gasteiger partial charge is 0.381 e. The Balaban J connectivity index is 1.75. The minimum Gasteiger partial charge on any atom is -0.381 e. The molecule has 0 aromatic rings. The molecule has 0 aromatic carbocycles. The second kappa shape index (κ2) is 9.90. The summed E-state index contributed by atoms with van der Waals surface area (Å²) in [6.45, 7) is 11.3. The average Bonchev–Trinajstić information content (AvgIpc) is 2.60. The van der Waals surface area contributed by atoms with Gasteiger partial charge < -0.3 is 19.7 Å². The molecule has 0 radical (unpaired) electrons. The highest BCUT2D eigenvalue weighted by molar-refractivity contribution is 7.92. The van der Waals surface area contributed by atoms with Crippen LogP contribution in [0.15, 0.2) is 4.99 Å². The van der Waals surface area contributed by atoms with E-state index in [-0.39, 0.29) is 5.75 Å². The third-order valence-corrected chi connectivity index (χ3v) is 7.61. The zero-order valence-electron chi connectivity index (χ0n) is 16.5. The highest BCUT2D eigenvalue weighted by Gasteiger charge is 2.40. The predicted octanol–water partition coefficient (Wildman–Crippen LogP) is 1.29. The van der Waals surface area contributed by atoms with Crippen LogP contribution in [0.1, 0.15) is 40.0 Å². The molecule has 0 aliphatic carbocycles. The Bertz CT molecular complexity index is 557. The van der Waals surface area contributed by atoms with Crippen molar-refractivity contribution in [1.29, 1.82) is 0 Å². The molecular formula is C18H35N3O4S. The molecule has 7 nitrogen and oxygen atoms in total. The standard InChI is InChI=1S/C18H35N3O4S/c1-4-19-17(21-9-13-26(22,23)18(2,3)15-21)20-8-5-10-25-14-16-6-11-24-12-7-16/h16H,4-15H2,1-3H3,(H,19,20). The van der Waals surface area contributed by atoms with Crippen molar-refractivity contribution in [2.24, 2.45) is 10.9 Å². The molecule has 0 unspecified atom stereocenters. The van der Waals surface area contributed by atoms with Crippen LogP contribution in [0.3, 0.4) is 0 Å². The van der Waals surface area contributed by atoms with Gasteiger partial charge in [-0.2, -0.15) is 0 Å². The van der Waals surface area contributed by atoms with E-state index in [2.05, 4.69) is 15.2 Å². The predicted molar refractivity (Wildman–Crippen MR) is 104 cm³/mol. The lowest BCUT2D eigenvalue weighted by Crippen LogP contribution is -2.57. The van der Waals surface area contributed by atoms with E-state index in [0.29, 0.717) is 32.2 Å². The van der Waals surface area contributed by atoms with E-state index in [1.165, 1.54) is 0 Å². The molecule has 26 heavy (non-hydrogen) atoms. The highest BCUT2D eigenvalue weighted by atomic mass is 32.2. The first kappa shape index (κ1) is 21.4. The normalized spacial score (nSPS) is 23.8. The van der Waals surface area contributed by atoms with Gasteiger partial charge in [-0.3, -0.25) is 4.99 Å². The zero-order chi connectivity index (χ0) is 19.0. The van der Waals surface area contributed by atoms with E-state index in [1.807, 2.05) is 6.92 Å². The van der Waals surface area contributed by atoms with Crippen LogP contribution in [-0.2, 0) is 19.3 Å².